The summed E-state index contributed by atoms with van der Waals surface area (Å²) in [6.45, 7) is 5.26. The van der Waals surface area contributed by atoms with E-state index < -0.39 is 0 Å². The fraction of sp³-hybridized carbons (Fsp3) is 0.412. The number of hydrogen-bond donors (Lipinski definition) is 3. The summed E-state index contributed by atoms with van der Waals surface area (Å²) in [4.78, 5) is 11.0. The standard InChI is InChI=1S/C17H23N5O/c1-2-22-9-5-6-12(22)11-19-16-10-14(20-17(18)21-16)13-7-3-4-8-15(13)23/h3-4,7-8,10,12,23H,2,5-6,9,11H2,1H3,(H3,18,19,20,21). The highest BCUT2D eigenvalue weighted by molar-refractivity contribution is 5.69. The van der Waals surface area contributed by atoms with Gasteiger partial charge in [-0.05, 0) is 38.1 Å². The summed E-state index contributed by atoms with van der Waals surface area (Å²) >= 11 is 0. The number of phenols is 1. The molecule has 3 rings (SSSR count). The predicted octanol–water partition coefficient (Wildman–Crippen LogP) is 2.33. The monoisotopic (exact) mass is 313 g/mol. The van der Waals surface area contributed by atoms with Crippen molar-refractivity contribution in [3.05, 3.63) is 30.3 Å². The van der Waals surface area contributed by atoms with Gasteiger partial charge in [-0.25, -0.2) is 4.98 Å². The molecule has 1 atom stereocenters. The first-order valence-corrected chi connectivity index (χ1v) is 8.08. The molecule has 0 spiro atoms. The van der Waals surface area contributed by atoms with E-state index in [-0.39, 0.29) is 11.7 Å². The number of nitrogens with one attached hydrogen (secondary N) is 1. The lowest BCUT2D eigenvalue weighted by Crippen LogP contribution is -2.34. The maximum absolute atomic E-state index is 9.99. The number of nitrogen functional groups attached to an aromatic ring is 1. The van der Waals surface area contributed by atoms with Crippen LogP contribution in [0, 0.1) is 0 Å². The van der Waals surface area contributed by atoms with E-state index in [4.69, 9.17) is 5.73 Å². The van der Waals surface area contributed by atoms with Crippen molar-refractivity contribution in [3.8, 4) is 17.0 Å². The van der Waals surface area contributed by atoms with Crippen molar-refractivity contribution in [2.45, 2.75) is 25.8 Å². The van der Waals surface area contributed by atoms with Gasteiger partial charge in [-0.15, -0.1) is 0 Å². The number of benzene rings is 1. The smallest absolute Gasteiger partial charge is 0.222 e. The molecule has 0 bridgehead atoms. The molecule has 1 saturated heterocycles. The number of aromatic hydroxyl groups is 1. The molecule has 1 unspecified atom stereocenters. The van der Waals surface area contributed by atoms with Gasteiger partial charge in [0.05, 0.1) is 5.69 Å². The van der Waals surface area contributed by atoms with Gasteiger partial charge in [0.15, 0.2) is 0 Å². The maximum atomic E-state index is 9.99. The Morgan fingerprint density at radius 2 is 2.17 bits per heavy atom. The van der Waals surface area contributed by atoms with Crippen molar-refractivity contribution in [2.75, 3.05) is 30.7 Å². The first-order chi connectivity index (χ1) is 11.2. The summed E-state index contributed by atoms with van der Waals surface area (Å²) in [5.74, 6) is 1.08. The number of hydrogen-bond acceptors (Lipinski definition) is 6. The predicted molar refractivity (Wildman–Crippen MR) is 92.3 cm³/mol. The molecule has 122 valence electrons. The van der Waals surface area contributed by atoms with Gasteiger partial charge in [0.25, 0.3) is 0 Å². The molecule has 0 aliphatic carbocycles. The van der Waals surface area contributed by atoms with Crippen LogP contribution in [0.5, 0.6) is 5.75 Å². The van der Waals surface area contributed by atoms with E-state index >= 15 is 0 Å². The quantitative estimate of drug-likeness (QED) is 0.785. The molecular weight excluding hydrogens is 290 g/mol. The van der Waals surface area contributed by atoms with E-state index in [1.165, 1.54) is 12.8 Å². The van der Waals surface area contributed by atoms with E-state index in [0.717, 1.165) is 19.6 Å². The van der Waals surface area contributed by atoms with Crippen molar-refractivity contribution >= 4 is 11.8 Å². The summed E-state index contributed by atoms with van der Waals surface area (Å²) < 4.78 is 0. The highest BCUT2D eigenvalue weighted by atomic mass is 16.3. The Labute approximate surface area is 136 Å². The molecule has 1 aliphatic heterocycles. The summed E-state index contributed by atoms with van der Waals surface area (Å²) in [5, 5.41) is 13.4. The highest BCUT2D eigenvalue weighted by Crippen LogP contribution is 2.28. The van der Waals surface area contributed by atoms with E-state index in [9.17, 15) is 5.11 Å². The average Bonchev–Trinajstić information content (AvgIpc) is 3.00. The molecular formula is C17H23N5O. The largest absolute Gasteiger partial charge is 0.507 e. The molecule has 23 heavy (non-hydrogen) atoms. The minimum atomic E-state index is 0.185. The van der Waals surface area contributed by atoms with E-state index in [1.54, 1.807) is 12.1 Å². The van der Waals surface area contributed by atoms with Gasteiger partial charge in [-0.1, -0.05) is 19.1 Å². The number of nitrogens with two attached hydrogens (primary N) is 1. The number of aromatic nitrogens is 2. The lowest BCUT2D eigenvalue weighted by atomic mass is 10.1. The Balaban J connectivity index is 1.77. The van der Waals surface area contributed by atoms with Gasteiger partial charge in [0.2, 0.25) is 5.95 Å². The molecule has 1 aromatic carbocycles. The number of anilines is 2. The summed E-state index contributed by atoms with van der Waals surface area (Å²) in [7, 11) is 0. The number of rotatable bonds is 5. The summed E-state index contributed by atoms with van der Waals surface area (Å²) in [5.41, 5.74) is 7.11. The van der Waals surface area contributed by atoms with Crippen LogP contribution in [0.25, 0.3) is 11.3 Å². The number of likely N-dealkylation sites (tertiary alicyclic amines) is 1. The molecule has 0 amide bonds. The minimum Gasteiger partial charge on any atom is -0.507 e. The summed E-state index contributed by atoms with van der Waals surface area (Å²) in [6, 6.07) is 9.45. The Morgan fingerprint density at radius 1 is 1.35 bits per heavy atom. The van der Waals surface area contributed by atoms with Crippen LogP contribution < -0.4 is 11.1 Å². The van der Waals surface area contributed by atoms with Gasteiger partial charge in [-0.3, -0.25) is 4.90 Å². The number of phenolic OH excluding ortho intramolecular Hbond substituents is 1. The second kappa shape index (κ2) is 6.83. The van der Waals surface area contributed by atoms with E-state index in [0.29, 0.717) is 23.1 Å². The molecule has 1 aliphatic rings. The topological polar surface area (TPSA) is 87.3 Å². The van der Waals surface area contributed by atoms with E-state index in [1.807, 2.05) is 18.2 Å². The SMILES string of the molecule is CCN1CCCC1CNc1cc(-c2ccccc2O)nc(N)n1. The Kier molecular flexibility index (Phi) is 4.62. The number of nitrogens with zero attached hydrogens (tertiary/aromatic N) is 3. The van der Waals surface area contributed by atoms with Crippen LogP contribution in [-0.2, 0) is 0 Å². The van der Waals surface area contributed by atoms with Crippen LogP contribution in [0.1, 0.15) is 19.8 Å². The molecule has 2 heterocycles. The lowest BCUT2D eigenvalue weighted by molar-refractivity contribution is 0.277. The summed E-state index contributed by atoms with van der Waals surface area (Å²) in [6.07, 6.45) is 2.45. The Morgan fingerprint density at radius 3 is 2.96 bits per heavy atom. The third kappa shape index (κ3) is 3.53. The van der Waals surface area contributed by atoms with Gasteiger partial charge >= 0.3 is 0 Å². The average molecular weight is 313 g/mol. The molecule has 6 heteroatoms. The van der Waals surface area contributed by atoms with Crippen molar-refractivity contribution in [2.24, 2.45) is 0 Å². The fourth-order valence-corrected chi connectivity index (χ4v) is 3.15. The molecule has 4 N–H and O–H groups in total. The number of para-hydroxylation sites is 1. The van der Waals surface area contributed by atoms with Gasteiger partial charge in [0, 0.05) is 24.2 Å². The minimum absolute atomic E-state index is 0.185. The van der Waals surface area contributed by atoms with Gasteiger partial charge in [-0.2, -0.15) is 4.98 Å². The van der Waals surface area contributed by atoms with Gasteiger partial charge in [0.1, 0.15) is 11.6 Å². The zero-order valence-electron chi connectivity index (χ0n) is 13.4. The van der Waals surface area contributed by atoms with Crippen molar-refractivity contribution in [1.29, 1.82) is 0 Å². The zero-order valence-corrected chi connectivity index (χ0v) is 13.4. The lowest BCUT2D eigenvalue weighted by Gasteiger charge is -2.23. The van der Waals surface area contributed by atoms with Crippen LogP contribution in [0.4, 0.5) is 11.8 Å². The maximum Gasteiger partial charge on any atom is 0.222 e. The number of likely N-dealkylation sites (N-methyl/N-ethyl adjacent to an activating group) is 1. The molecule has 0 saturated carbocycles. The van der Waals surface area contributed by atoms with Crippen LogP contribution >= 0.6 is 0 Å². The third-order valence-corrected chi connectivity index (χ3v) is 4.35. The second-order valence-electron chi connectivity index (χ2n) is 5.82. The normalized spacial score (nSPS) is 18.2. The first kappa shape index (κ1) is 15.6. The first-order valence-electron chi connectivity index (χ1n) is 8.08. The van der Waals surface area contributed by atoms with Crippen molar-refractivity contribution in [1.82, 2.24) is 14.9 Å². The molecule has 1 fully saturated rings. The van der Waals surface area contributed by atoms with Crippen LogP contribution in [-0.4, -0.2) is 45.7 Å². The molecule has 0 radical (unpaired) electrons. The molecule has 1 aromatic heterocycles. The Bertz CT molecular complexity index is 676. The highest BCUT2D eigenvalue weighted by Gasteiger charge is 2.22. The second-order valence-corrected chi connectivity index (χ2v) is 5.82. The Hall–Kier alpha value is -2.34. The van der Waals surface area contributed by atoms with Crippen molar-refractivity contribution < 1.29 is 5.11 Å². The van der Waals surface area contributed by atoms with Crippen LogP contribution in [0.2, 0.25) is 0 Å². The third-order valence-electron chi connectivity index (χ3n) is 4.35. The van der Waals surface area contributed by atoms with Crippen LogP contribution in [0.3, 0.4) is 0 Å². The molecule has 2 aromatic rings. The van der Waals surface area contributed by atoms with E-state index in [2.05, 4.69) is 27.1 Å². The fourth-order valence-electron chi connectivity index (χ4n) is 3.15. The zero-order chi connectivity index (χ0) is 16.2. The van der Waals surface area contributed by atoms with Crippen molar-refractivity contribution in [3.63, 3.8) is 0 Å². The van der Waals surface area contributed by atoms with Gasteiger partial charge < -0.3 is 16.2 Å². The van der Waals surface area contributed by atoms with Crippen LogP contribution in [0.15, 0.2) is 30.3 Å². The molecule has 6 nitrogen and oxygen atoms in total.